The smallest absolute Gasteiger partial charge is 0.0897 e. The Labute approximate surface area is 122 Å². The molecule has 0 bridgehead atoms. The molecule has 3 rings (SSSR count). The molecule has 20 heavy (non-hydrogen) atoms. The Balaban J connectivity index is 1.72. The van der Waals surface area contributed by atoms with Crippen molar-refractivity contribution in [2.24, 2.45) is 0 Å². The summed E-state index contributed by atoms with van der Waals surface area (Å²) in [5.41, 5.74) is 2.38. The molecule has 0 aliphatic rings. The zero-order valence-electron chi connectivity index (χ0n) is 11.3. The van der Waals surface area contributed by atoms with E-state index in [2.05, 4.69) is 33.6 Å². The van der Waals surface area contributed by atoms with E-state index < -0.39 is 0 Å². The van der Waals surface area contributed by atoms with Crippen LogP contribution >= 0.6 is 11.3 Å². The van der Waals surface area contributed by atoms with Crippen molar-refractivity contribution in [2.75, 3.05) is 5.32 Å². The third kappa shape index (κ3) is 3.05. The summed E-state index contributed by atoms with van der Waals surface area (Å²) >= 11 is 1.73. The van der Waals surface area contributed by atoms with Gasteiger partial charge in [-0.2, -0.15) is 5.10 Å². The highest BCUT2D eigenvalue weighted by molar-refractivity contribution is 7.11. The Morgan fingerprint density at radius 1 is 1.25 bits per heavy atom. The molecule has 0 radical (unpaired) electrons. The van der Waals surface area contributed by atoms with Crippen molar-refractivity contribution < 1.29 is 0 Å². The second kappa shape index (κ2) is 5.88. The van der Waals surface area contributed by atoms with Gasteiger partial charge in [-0.15, -0.1) is 11.3 Å². The van der Waals surface area contributed by atoms with Crippen molar-refractivity contribution in [1.29, 1.82) is 0 Å². The Morgan fingerprint density at radius 3 is 2.90 bits per heavy atom. The van der Waals surface area contributed by atoms with Crippen LogP contribution in [0.15, 0.2) is 48.9 Å². The first kappa shape index (κ1) is 12.9. The van der Waals surface area contributed by atoms with Crippen LogP contribution in [0, 0.1) is 6.92 Å². The molecule has 0 amide bonds. The number of hydrogen-bond donors (Lipinski definition) is 1. The van der Waals surface area contributed by atoms with Crippen LogP contribution in [0.25, 0.3) is 0 Å². The molecule has 0 spiro atoms. The molecular formula is C15H16N4S. The number of rotatable bonds is 5. The van der Waals surface area contributed by atoms with Gasteiger partial charge in [0.1, 0.15) is 0 Å². The van der Waals surface area contributed by atoms with Gasteiger partial charge in [0, 0.05) is 29.2 Å². The fourth-order valence-electron chi connectivity index (χ4n) is 2.07. The molecule has 102 valence electrons. The maximum atomic E-state index is 4.28. The molecular weight excluding hydrogens is 268 g/mol. The predicted molar refractivity (Wildman–Crippen MR) is 81.9 cm³/mol. The van der Waals surface area contributed by atoms with Crippen molar-refractivity contribution in [3.05, 3.63) is 64.4 Å². The van der Waals surface area contributed by atoms with Crippen molar-refractivity contribution in [3.63, 3.8) is 0 Å². The summed E-state index contributed by atoms with van der Waals surface area (Å²) in [5, 5.41) is 8.84. The molecule has 0 aliphatic heterocycles. The number of nitrogens with one attached hydrogen (secondary N) is 1. The van der Waals surface area contributed by atoms with Gasteiger partial charge in [-0.05, 0) is 24.6 Å². The summed E-state index contributed by atoms with van der Waals surface area (Å²) in [5.74, 6) is 0. The molecule has 1 aromatic carbocycles. The minimum Gasteiger partial charge on any atom is -0.380 e. The number of thiazole rings is 1. The summed E-state index contributed by atoms with van der Waals surface area (Å²) in [6, 6.07) is 10.3. The summed E-state index contributed by atoms with van der Waals surface area (Å²) in [6.45, 7) is 3.61. The Hall–Kier alpha value is -2.14. The lowest BCUT2D eigenvalue weighted by Crippen LogP contribution is -2.05. The van der Waals surface area contributed by atoms with Crippen LogP contribution in [0.5, 0.6) is 0 Å². The van der Waals surface area contributed by atoms with E-state index in [1.807, 2.05) is 36.1 Å². The van der Waals surface area contributed by atoms with Gasteiger partial charge in [-0.25, -0.2) is 4.98 Å². The Morgan fingerprint density at radius 2 is 2.15 bits per heavy atom. The molecule has 0 fully saturated rings. The third-order valence-electron chi connectivity index (χ3n) is 3.03. The summed E-state index contributed by atoms with van der Waals surface area (Å²) in [6.07, 6.45) is 5.71. The maximum absolute atomic E-state index is 4.28. The van der Waals surface area contributed by atoms with Gasteiger partial charge >= 0.3 is 0 Å². The standard InChI is InChI=1S/C15H16N4S/c1-12-16-9-14(20-12)10-17-15-6-3-2-5-13(15)11-19-8-4-7-18-19/h2-9,17H,10-11H2,1H3. The van der Waals surface area contributed by atoms with Crippen LogP contribution in [-0.2, 0) is 13.1 Å². The normalized spacial score (nSPS) is 10.7. The number of benzene rings is 1. The molecule has 2 heterocycles. The number of nitrogens with zero attached hydrogens (tertiary/aromatic N) is 3. The molecule has 0 saturated heterocycles. The highest BCUT2D eigenvalue weighted by atomic mass is 32.1. The van der Waals surface area contributed by atoms with Crippen LogP contribution < -0.4 is 5.32 Å². The SMILES string of the molecule is Cc1ncc(CNc2ccccc2Cn2cccn2)s1. The van der Waals surface area contributed by atoms with E-state index >= 15 is 0 Å². The van der Waals surface area contributed by atoms with Crippen molar-refractivity contribution in [1.82, 2.24) is 14.8 Å². The number of aryl methyl sites for hydroxylation is 1. The van der Waals surface area contributed by atoms with E-state index in [-0.39, 0.29) is 0 Å². The Kier molecular flexibility index (Phi) is 3.78. The number of para-hydroxylation sites is 1. The Bertz CT molecular complexity index is 673. The lowest BCUT2D eigenvalue weighted by atomic mass is 10.1. The minimum atomic E-state index is 0.776. The predicted octanol–water partition coefficient (Wildman–Crippen LogP) is 3.31. The molecule has 2 aromatic heterocycles. The largest absolute Gasteiger partial charge is 0.380 e. The van der Waals surface area contributed by atoms with E-state index in [1.165, 1.54) is 10.4 Å². The van der Waals surface area contributed by atoms with E-state index in [0.717, 1.165) is 23.8 Å². The molecule has 1 N–H and O–H groups in total. The third-order valence-corrected chi connectivity index (χ3v) is 3.94. The number of aromatic nitrogens is 3. The number of hydrogen-bond acceptors (Lipinski definition) is 4. The lowest BCUT2D eigenvalue weighted by Gasteiger charge is -2.11. The second-order valence-corrected chi connectivity index (χ2v) is 5.88. The van der Waals surface area contributed by atoms with Crippen LogP contribution in [0.4, 0.5) is 5.69 Å². The van der Waals surface area contributed by atoms with E-state index in [0.29, 0.717) is 0 Å². The van der Waals surface area contributed by atoms with E-state index in [9.17, 15) is 0 Å². The monoisotopic (exact) mass is 284 g/mol. The second-order valence-electron chi connectivity index (χ2n) is 4.56. The van der Waals surface area contributed by atoms with Crippen LogP contribution in [0.1, 0.15) is 15.4 Å². The maximum Gasteiger partial charge on any atom is 0.0897 e. The molecule has 0 aliphatic carbocycles. The van der Waals surface area contributed by atoms with Crippen molar-refractivity contribution in [2.45, 2.75) is 20.0 Å². The van der Waals surface area contributed by atoms with Crippen molar-refractivity contribution in [3.8, 4) is 0 Å². The first-order valence-corrected chi connectivity index (χ1v) is 7.33. The zero-order valence-corrected chi connectivity index (χ0v) is 12.1. The topological polar surface area (TPSA) is 42.7 Å². The van der Waals surface area contributed by atoms with Gasteiger partial charge in [0.25, 0.3) is 0 Å². The van der Waals surface area contributed by atoms with Gasteiger partial charge in [-0.3, -0.25) is 4.68 Å². The molecule has 3 aromatic rings. The summed E-state index contributed by atoms with van der Waals surface area (Å²) < 4.78 is 1.93. The van der Waals surface area contributed by atoms with Crippen molar-refractivity contribution >= 4 is 17.0 Å². The van der Waals surface area contributed by atoms with Crippen LogP contribution in [-0.4, -0.2) is 14.8 Å². The fraction of sp³-hybridized carbons (Fsp3) is 0.200. The molecule has 0 atom stereocenters. The molecule has 5 heteroatoms. The lowest BCUT2D eigenvalue weighted by molar-refractivity contribution is 0.687. The highest BCUT2D eigenvalue weighted by Crippen LogP contribution is 2.19. The van der Waals surface area contributed by atoms with Gasteiger partial charge in [0.05, 0.1) is 18.1 Å². The number of anilines is 1. The quantitative estimate of drug-likeness (QED) is 0.781. The van der Waals surface area contributed by atoms with Gasteiger partial charge in [0.2, 0.25) is 0 Å². The van der Waals surface area contributed by atoms with Gasteiger partial charge < -0.3 is 5.32 Å². The average Bonchev–Trinajstić information content (AvgIpc) is 3.10. The van der Waals surface area contributed by atoms with E-state index in [1.54, 1.807) is 17.5 Å². The van der Waals surface area contributed by atoms with Crippen LogP contribution in [0.3, 0.4) is 0 Å². The van der Waals surface area contributed by atoms with Gasteiger partial charge in [-0.1, -0.05) is 18.2 Å². The minimum absolute atomic E-state index is 0.776. The zero-order chi connectivity index (χ0) is 13.8. The first-order valence-electron chi connectivity index (χ1n) is 6.52. The molecule has 0 unspecified atom stereocenters. The average molecular weight is 284 g/mol. The van der Waals surface area contributed by atoms with Gasteiger partial charge in [0.15, 0.2) is 0 Å². The molecule has 0 saturated carbocycles. The van der Waals surface area contributed by atoms with Crippen LogP contribution in [0.2, 0.25) is 0 Å². The fourth-order valence-corrected chi connectivity index (χ4v) is 2.80. The van der Waals surface area contributed by atoms with E-state index in [4.69, 9.17) is 0 Å². The summed E-state index contributed by atoms with van der Waals surface area (Å²) in [7, 11) is 0. The molecule has 4 nitrogen and oxygen atoms in total. The summed E-state index contributed by atoms with van der Waals surface area (Å²) in [4.78, 5) is 5.52. The first-order chi connectivity index (χ1) is 9.81. The highest BCUT2D eigenvalue weighted by Gasteiger charge is 2.04.